The van der Waals surface area contributed by atoms with E-state index in [1.54, 1.807) is 7.11 Å². The Morgan fingerprint density at radius 1 is 1.21 bits per heavy atom. The number of ether oxygens (including phenoxy) is 2. The fraction of sp³-hybridized carbons (Fsp3) is 0.316. The van der Waals surface area contributed by atoms with Gasteiger partial charge in [-0.15, -0.1) is 0 Å². The number of aryl methyl sites for hydroxylation is 1. The Labute approximate surface area is 151 Å². The Bertz CT molecular complexity index is 686. The highest BCUT2D eigenvalue weighted by atomic mass is 79.9. The first-order valence-corrected chi connectivity index (χ1v) is 8.67. The van der Waals surface area contributed by atoms with Crippen molar-refractivity contribution in [3.63, 3.8) is 0 Å². The Morgan fingerprint density at radius 3 is 2.50 bits per heavy atom. The zero-order valence-electron chi connectivity index (χ0n) is 14.1. The summed E-state index contributed by atoms with van der Waals surface area (Å²) < 4.78 is 11.6. The van der Waals surface area contributed by atoms with E-state index in [-0.39, 0.29) is 18.6 Å². The molecule has 0 fully saturated rings. The van der Waals surface area contributed by atoms with Crippen LogP contribution in [0.3, 0.4) is 0 Å². The first-order valence-electron chi connectivity index (χ1n) is 7.88. The molecule has 0 saturated carbocycles. The highest BCUT2D eigenvalue weighted by Crippen LogP contribution is 2.27. The number of hydrogen-bond donors (Lipinski definition) is 1. The van der Waals surface area contributed by atoms with Gasteiger partial charge in [0.05, 0.1) is 17.6 Å². The zero-order chi connectivity index (χ0) is 17.5. The quantitative estimate of drug-likeness (QED) is 0.765. The van der Waals surface area contributed by atoms with Crippen LogP contribution in [0.2, 0.25) is 0 Å². The van der Waals surface area contributed by atoms with Crippen LogP contribution in [0.4, 0.5) is 0 Å². The van der Waals surface area contributed by atoms with Crippen molar-refractivity contribution in [2.45, 2.75) is 26.3 Å². The minimum atomic E-state index is -0.158. The van der Waals surface area contributed by atoms with E-state index in [2.05, 4.69) is 28.2 Å². The Kier molecular flexibility index (Phi) is 6.67. The molecule has 128 valence electrons. The highest BCUT2D eigenvalue weighted by molar-refractivity contribution is 9.10. The van der Waals surface area contributed by atoms with E-state index in [0.29, 0.717) is 5.75 Å². The fourth-order valence-corrected chi connectivity index (χ4v) is 2.85. The van der Waals surface area contributed by atoms with Crippen LogP contribution in [0, 0.1) is 0 Å². The van der Waals surface area contributed by atoms with Gasteiger partial charge in [0.1, 0.15) is 11.5 Å². The third kappa shape index (κ3) is 4.99. The number of carbonyl (C=O) groups is 1. The Balaban J connectivity index is 1.87. The van der Waals surface area contributed by atoms with Crippen molar-refractivity contribution >= 4 is 21.8 Å². The van der Waals surface area contributed by atoms with Crippen molar-refractivity contribution in [1.29, 1.82) is 0 Å². The number of carbonyl (C=O) groups excluding carboxylic acids is 1. The lowest BCUT2D eigenvalue weighted by molar-refractivity contribution is -0.123. The minimum absolute atomic E-state index is 0.00681. The summed E-state index contributed by atoms with van der Waals surface area (Å²) in [5.74, 6) is 1.30. The van der Waals surface area contributed by atoms with Gasteiger partial charge in [0, 0.05) is 0 Å². The molecule has 1 atom stereocenters. The van der Waals surface area contributed by atoms with Gasteiger partial charge in [-0.25, -0.2) is 0 Å². The minimum Gasteiger partial charge on any atom is -0.496 e. The van der Waals surface area contributed by atoms with Crippen molar-refractivity contribution in [2.24, 2.45) is 0 Å². The molecule has 1 N–H and O–H groups in total. The maximum absolute atomic E-state index is 12.1. The lowest BCUT2D eigenvalue weighted by atomic mass is 10.1. The number of methoxy groups -OCH3 is 1. The van der Waals surface area contributed by atoms with Crippen molar-refractivity contribution < 1.29 is 14.3 Å². The Morgan fingerprint density at radius 2 is 1.92 bits per heavy atom. The van der Waals surface area contributed by atoms with E-state index in [9.17, 15) is 4.79 Å². The number of hydrogen-bond acceptors (Lipinski definition) is 3. The molecule has 0 bridgehead atoms. The topological polar surface area (TPSA) is 47.6 Å². The molecule has 0 aliphatic rings. The first kappa shape index (κ1) is 18.3. The van der Waals surface area contributed by atoms with Gasteiger partial charge in [-0.2, -0.15) is 0 Å². The van der Waals surface area contributed by atoms with Crippen LogP contribution in [0.15, 0.2) is 46.9 Å². The molecule has 0 radical (unpaired) electrons. The third-order valence-corrected chi connectivity index (χ3v) is 4.37. The predicted molar refractivity (Wildman–Crippen MR) is 98.6 cm³/mol. The maximum atomic E-state index is 12.1. The lowest BCUT2D eigenvalue weighted by Crippen LogP contribution is -2.31. The molecule has 0 heterocycles. The van der Waals surface area contributed by atoms with Gasteiger partial charge in [-0.1, -0.05) is 25.1 Å². The van der Waals surface area contributed by atoms with Crippen LogP contribution < -0.4 is 14.8 Å². The molecule has 0 spiro atoms. The molecular weight excluding hydrogens is 370 g/mol. The zero-order valence-corrected chi connectivity index (χ0v) is 15.7. The standard InChI is InChI=1S/C19H22BrNO3/c1-4-14-5-8-16(9-6-14)24-12-19(22)21-13(2)15-7-10-18(23-3)17(20)11-15/h5-11,13H,4,12H2,1-3H3,(H,21,22). The summed E-state index contributed by atoms with van der Waals surface area (Å²) >= 11 is 3.45. The molecule has 2 rings (SSSR count). The van der Waals surface area contributed by atoms with Gasteiger partial charge in [0.25, 0.3) is 5.91 Å². The average Bonchev–Trinajstić information content (AvgIpc) is 2.60. The third-order valence-electron chi connectivity index (χ3n) is 3.75. The van der Waals surface area contributed by atoms with Crippen molar-refractivity contribution in [3.05, 3.63) is 58.1 Å². The Hall–Kier alpha value is -2.01. The summed E-state index contributed by atoms with van der Waals surface area (Å²) in [7, 11) is 1.62. The van der Waals surface area contributed by atoms with Crippen LogP contribution in [0.1, 0.15) is 31.0 Å². The summed E-state index contributed by atoms with van der Waals surface area (Å²) in [6.45, 7) is 4.03. The van der Waals surface area contributed by atoms with Gasteiger partial charge < -0.3 is 14.8 Å². The second kappa shape index (κ2) is 8.73. The fourth-order valence-electron chi connectivity index (χ4n) is 2.29. The van der Waals surface area contributed by atoms with Crippen molar-refractivity contribution in [3.8, 4) is 11.5 Å². The molecular formula is C19H22BrNO3. The van der Waals surface area contributed by atoms with Crippen LogP contribution in [0.25, 0.3) is 0 Å². The van der Waals surface area contributed by atoms with E-state index >= 15 is 0 Å². The predicted octanol–water partition coefficient (Wildman–Crippen LogP) is 4.28. The number of rotatable bonds is 7. The van der Waals surface area contributed by atoms with E-state index in [4.69, 9.17) is 9.47 Å². The number of halogens is 1. The molecule has 0 saturated heterocycles. The smallest absolute Gasteiger partial charge is 0.258 e. The summed E-state index contributed by atoms with van der Waals surface area (Å²) in [6.07, 6.45) is 0.982. The molecule has 2 aromatic rings. The monoisotopic (exact) mass is 391 g/mol. The van der Waals surface area contributed by atoms with E-state index < -0.39 is 0 Å². The summed E-state index contributed by atoms with van der Waals surface area (Å²) in [6, 6.07) is 13.4. The van der Waals surface area contributed by atoms with Crippen molar-refractivity contribution in [2.75, 3.05) is 13.7 Å². The van der Waals surface area contributed by atoms with E-state index in [1.165, 1.54) is 5.56 Å². The normalized spacial score (nSPS) is 11.7. The second-order valence-corrected chi connectivity index (χ2v) is 6.32. The van der Waals surface area contributed by atoms with Gasteiger partial charge in [-0.05, 0) is 64.7 Å². The SMILES string of the molecule is CCc1ccc(OCC(=O)NC(C)c2ccc(OC)c(Br)c2)cc1. The molecule has 1 unspecified atom stereocenters. The molecule has 24 heavy (non-hydrogen) atoms. The van der Waals surface area contributed by atoms with Crippen LogP contribution in [-0.2, 0) is 11.2 Å². The molecule has 0 aliphatic carbocycles. The van der Waals surface area contributed by atoms with Crippen LogP contribution in [-0.4, -0.2) is 19.6 Å². The van der Waals surface area contributed by atoms with Crippen LogP contribution >= 0.6 is 15.9 Å². The van der Waals surface area contributed by atoms with Crippen LogP contribution in [0.5, 0.6) is 11.5 Å². The van der Waals surface area contributed by atoms with Gasteiger partial charge in [0.15, 0.2) is 6.61 Å². The summed E-state index contributed by atoms with van der Waals surface area (Å²) in [4.78, 5) is 12.1. The molecule has 0 aromatic heterocycles. The summed E-state index contributed by atoms with van der Waals surface area (Å²) in [5.41, 5.74) is 2.23. The van der Waals surface area contributed by atoms with Gasteiger partial charge in [-0.3, -0.25) is 4.79 Å². The van der Waals surface area contributed by atoms with Gasteiger partial charge >= 0.3 is 0 Å². The molecule has 0 aliphatic heterocycles. The molecule has 5 heteroatoms. The van der Waals surface area contributed by atoms with E-state index in [0.717, 1.165) is 22.2 Å². The highest BCUT2D eigenvalue weighted by Gasteiger charge is 2.12. The van der Waals surface area contributed by atoms with Crippen molar-refractivity contribution in [1.82, 2.24) is 5.32 Å². The summed E-state index contributed by atoms with van der Waals surface area (Å²) in [5, 5.41) is 2.93. The first-order chi connectivity index (χ1) is 11.5. The molecule has 2 aromatic carbocycles. The largest absolute Gasteiger partial charge is 0.496 e. The molecule has 4 nitrogen and oxygen atoms in total. The van der Waals surface area contributed by atoms with Gasteiger partial charge in [0.2, 0.25) is 0 Å². The maximum Gasteiger partial charge on any atom is 0.258 e. The lowest BCUT2D eigenvalue weighted by Gasteiger charge is -2.16. The second-order valence-electron chi connectivity index (χ2n) is 5.47. The number of amides is 1. The van der Waals surface area contributed by atoms with E-state index in [1.807, 2.05) is 49.4 Å². The molecule has 1 amide bonds. The average molecular weight is 392 g/mol. The number of nitrogens with one attached hydrogen (secondary N) is 1. The number of benzene rings is 2.